The van der Waals surface area contributed by atoms with E-state index in [2.05, 4.69) is 11.1 Å². The normalized spacial score (nSPS) is 15.4. The van der Waals surface area contributed by atoms with Gasteiger partial charge in [-0.1, -0.05) is 42.5 Å². The molecule has 4 aromatic rings. The van der Waals surface area contributed by atoms with Gasteiger partial charge in [0.2, 0.25) is 0 Å². The predicted octanol–water partition coefficient (Wildman–Crippen LogP) is 5.88. The van der Waals surface area contributed by atoms with Crippen LogP contribution in [0.1, 0.15) is 18.1 Å². The highest BCUT2D eigenvalue weighted by molar-refractivity contribution is 8.18. The Morgan fingerprint density at radius 3 is 2.64 bits per heavy atom. The van der Waals surface area contributed by atoms with Gasteiger partial charge in [0.25, 0.3) is 5.91 Å². The number of carboxylic acid groups (broad SMARTS) is 1. The molecule has 198 valence electrons. The molecule has 0 saturated carbocycles. The van der Waals surface area contributed by atoms with E-state index in [1.54, 1.807) is 29.2 Å². The molecule has 1 aliphatic rings. The van der Waals surface area contributed by atoms with Crippen molar-refractivity contribution in [3.8, 4) is 11.5 Å². The number of hydrogen-bond donors (Lipinski definition) is 2. The molecule has 1 amide bonds. The second-order valence-electron chi connectivity index (χ2n) is 8.73. The molecule has 2 heterocycles. The second kappa shape index (κ2) is 11.9. The highest BCUT2D eigenvalue weighted by atomic mass is 32.2. The maximum absolute atomic E-state index is 13.6. The molecule has 1 aliphatic heterocycles. The van der Waals surface area contributed by atoms with Gasteiger partial charge in [0, 0.05) is 23.6 Å². The van der Waals surface area contributed by atoms with Crippen LogP contribution in [0.5, 0.6) is 11.5 Å². The van der Waals surface area contributed by atoms with E-state index >= 15 is 0 Å². The largest absolute Gasteiger partial charge is 0.490 e. The summed E-state index contributed by atoms with van der Waals surface area (Å²) in [5, 5.41) is 10.7. The average Bonchev–Trinajstić information content (AvgIpc) is 3.48. The highest BCUT2D eigenvalue weighted by Crippen LogP contribution is 2.36. The zero-order chi connectivity index (χ0) is 27.2. The van der Waals surface area contributed by atoms with Crippen molar-refractivity contribution in [2.45, 2.75) is 13.3 Å². The Bertz CT molecular complexity index is 1560. The molecule has 3 aromatic carbocycles. The number of hydrogen-bond acceptors (Lipinski definition) is 6. The van der Waals surface area contributed by atoms with Crippen molar-refractivity contribution >= 4 is 51.5 Å². The highest BCUT2D eigenvalue weighted by Gasteiger charge is 2.33. The number of H-pyrrole nitrogens is 1. The first-order chi connectivity index (χ1) is 19.0. The van der Waals surface area contributed by atoms with Crippen molar-refractivity contribution in [3.05, 3.63) is 95.0 Å². The summed E-state index contributed by atoms with van der Waals surface area (Å²) in [6, 6.07) is 22.8. The number of aliphatic imine (C=N–C) groups is 1. The molecular formula is C30H27N3O5S. The van der Waals surface area contributed by atoms with Gasteiger partial charge < -0.3 is 19.6 Å². The number of amides is 1. The fourth-order valence-electron chi connectivity index (χ4n) is 4.27. The van der Waals surface area contributed by atoms with E-state index in [4.69, 9.17) is 19.6 Å². The Balaban J connectivity index is 1.43. The monoisotopic (exact) mass is 541 g/mol. The number of nitrogens with one attached hydrogen (secondary N) is 1. The van der Waals surface area contributed by atoms with E-state index in [-0.39, 0.29) is 5.91 Å². The third-order valence-corrected chi connectivity index (χ3v) is 7.07. The Morgan fingerprint density at radius 1 is 1.05 bits per heavy atom. The van der Waals surface area contributed by atoms with Crippen molar-refractivity contribution in [1.29, 1.82) is 0 Å². The summed E-state index contributed by atoms with van der Waals surface area (Å²) in [6.45, 7) is 2.22. The second-order valence-corrected chi connectivity index (χ2v) is 9.74. The summed E-state index contributed by atoms with van der Waals surface area (Å²) in [4.78, 5) is 34.9. The van der Waals surface area contributed by atoms with Crippen molar-refractivity contribution in [1.82, 2.24) is 9.88 Å². The summed E-state index contributed by atoms with van der Waals surface area (Å²) in [5.41, 5.74) is 3.70. The van der Waals surface area contributed by atoms with Crippen LogP contribution in [0.3, 0.4) is 0 Å². The van der Waals surface area contributed by atoms with Crippen LogP contribution in [-0.2, 0) is 16.0 Å². The van der Waals surface area contributed by atoms with Crippen molar-refractivity contribution < 1.29 is 24.2 Å². The molecule has 5 rings (SSSR count). The molecule has 0 atom stereocenters. The van der Waals surface area contributed by atoms with Gasteiger partial charge >= 0.3 is 5.97 Å². The number of fused-ring (bicyclic) bond motifs is 1. The van der Waals surface area contributed by atoms with Crippen molar-refractivity contribution in [2.24, 2.45) is 4.99 Å². The maximum atomic E-state index is 13.6. The van der Waals surface area contributed by atoms with Crippen molar-refractivity contribution in [2.75, 3.05) is 19.8 Å². The number of carbonyl (C=O) groups excluding carboxylic acids is 1. The van der Waals surface area contributed by atoms with Crippen LogP contribution in [0.4, 0.5) is 5.69 Å². The Labute approximate surface area is 230 Å². The van der Waals surface area contributed by atoms with Gasteiger partial charge in [-0.3, -0.25) is 9.69 Å². The number of aliphatic carboxylic acids is 1. The number of carbonyl (C=O) groups is 2. The molecule has 39 heavy (non-hydrogen) atoms. The zero-order valence-electron chi connectivity index (χ0n) is 21.3. The maximum Gasteiger partial charge on any atom is 0.341 e. The van der Waals surface area contributed by atoms with Crippen molar-refractivity contribution in [3.63, 3.8) is 0 Å². The van der Waals surface area contributed by atoms with Crippen LogP contribution >= 0.6 is 11.8 Å². The Kier molecular flexibility index (Phi) is 7.98. The number of aromatic nitrogens is 1. The molecule has 1 saturated heterocycles. The van der Waals surface area contributed by atoms with Crippen LogP contribution in [0.15, 0.2) is 88.9 Å². The number of carboxylic acids is 1. The lowest BCUT2D eigenvalue weighted by molar-refractivity contribution is -0.139. The molecule has 0 unspecified atom stereocenters. The minimum atomic E-state index is -1.07. The van der Waals surface area contributed by atoms with E-state index in [0.29, 0.717) is 41.1 Å². The number of thioether (sulfide) groups is 1. The molecule has 0 radical (unpaired) electrons. The standard InChI is InChI=1S/C30H27N3O5S/c1-2-37-26-16-20(12-13-25(26)38-19-28(34)35)17-27-29(36)33(30(39-27)32-22-8-4-3-5-9-22)15-14-21-18-31-24-11-7-6-10-23(21)24/h3-13,16-18,31H,2,14-15,19H2,1H3,(H,34,35)/b27-17+,32-30?. The molecular weight excluding hydrogens is 514 g/mol. The molecule has 1 aromatic heterocycles. The van der Waals surface area contributed by atoms with Gasteiger partial charge in [0.1, 0.15) is 0 Å². The molecule has 9 heteroatoms. The number of nitrogens with zero attached hydrogens (tertiary/aromatic N) is 2. The number of amidine groups is 1. The summed E-state index contributed by atoms with van der Waals surface area (Å²) < 4.78 is 11.0. The lowest BCUT2D eigenvalue weighted by Gasteiger charge is -2.15. The van der Waals surface area contributed by atoms with Crippen LogP contribution < -0.4 is 9.47 Å². The molecule has 0 aliphatic carbocycles. The number of para-hydroxylation sites is 2. The minimum Gasteiger partial charge on any atom is -0.490 e. The lowest BCUT2D eigenvalue weighted by atomic mass is 10.1. The quantitative estimate of drug-likeness (QED) is 0.243. The number of ether oxygens (including phenoxy) is 2. The Hall–Kier alpha value is -4.50. The van der Waals surface area contributed by atoms with E-state index in [1.807, 2.05) is 61.7 Å². The third kappa shape index (κ3) is 6.15. The van der Waals surface area contributed by atoms with Crippen LogP contribution in [-0.4, -0.2) is 51.8 Å². The topological polar surface area (TPSA) is 104 Å². The minimum absolute atomic E-state index is 0.126. The number of rotatable bonds is 10. The molecule has 0 spiro atoms. The molecule has 2 N–H and O–H groups in total. The zero-order valence-corrected chi connectivity index (χ0v) is 22.1. The predicted molar refractivity (Wildman–Crippen MR) is 154 cm³/mol. The molecule has 8 nitrogen and oxygen atoms in total. The Morgan fingerprint density at radius 2 is 1.85 bits per heavy atom. The summed E-state index contributed by atoms with van der Waals surface area (Å²) >= 11 is 1.32. The van der Waals surface area contributed by atoms with E-state index in [0.717, 1.165) is 27.7 Å². The first kappa shape index (κ1) is 26.1. The summed E-state index contributed by atoms with van der Waals surface area (Å²) in [7, 11) is 0. The summed E-state index contributed by atoms with van der Waals surface area (Å²) in [5.74, 6) is -0.454. The van der Waals surface area contributed by atoms with Gasteiger partial charge in [-0.25, -0.2) is 9.79 Å². The molecule has 1 fully saturated rings. The van der Waals surface area contributed by atoms with Gasteiger partial charge in [0.15, 0.2) is 23.3 Å². The van der Waals surface area contributed by atoms with Crippen LogP contribution in [0.2, 0.25) is 0 Å². The lowest BCUT2D eigenvalue weighted by Crippen LogP contribution is -2.31. The van der Waals surface area contributed by atoms with Gasteiger partial charge in [-0.2, -0.15) is 0 Å². The van der Waals surface area contributed by atoms with E-state index < -0.39 is 12.6 Å². The average molecular weight is 542 g/mol. The first-order valence-electron chi connectivity index (χ1n) is 12.5. The van der Waals surface area contributed by atoms with E-state index in [1.165, 1.54) is 11.8 Å². The first-order valence-corrected chi connectivity index (χ1v) is 13.3. The number of benzene rings is 3. The van der Waals surface area contributed by atoms with Crippen LogP contribution in [0.25, 0.3) is 17.0 Å². The summed E-state index contributed by atoms with van der Waals surface area (Å²) in [6.07, 6.45) is 4.45. The fourth-order valence-corrected chi connectivity index (χ4v) is 5.29. The molecule has 0 bridgehead atoms. The van der Waals surface area contributed by atoms with Gasteiger partial charge in [0.05, 0.1) is 17.2 Å². The van der Waals surface area contributed by atoms with Gasteiger partial charge in [-0.05, 0) is 72.6 Å². The third-order valence-electron chi connectivity index (χ3n) is 6.07. The van der Waals surface area contributed by atoms with Crippen LogP contribution in [0, 0.1) is 0 Å². The van der Waals surface area contributed by atoms with E-state index in [9.17, 15) is 9.59 Å². The SMILES string of the molecule is CCOc1cc(/C=C2/SC(=Nc3ccccc3)N(CCc3c[nH]c4ccccc34)C2=O)ccc1OCC(=O)O. The number of aromatic amines is 1. The fraction of sp³-hybridized carbons (Fsp3) is 0.167. The smallest absolute Gasteiger partial charge is 0.341 e. The van der Waals surface area contributed by atoms with Gasteiger partial charge in [-0.15, -0.1) is 0 Å².